The molecular formula is C17H15Cl2NO4. The minimum Gasteiger partial charge on any atom is -0.454 e. The summed E-state index contributed by atoms with van der Waals surface area (Å²) < 4.78 is 10.5. The molecule has 1 heterocycles. The van der Waals surface area contributed by atoms with Crippen LogP contribution in [0.4, 0.5) is 0 Å². The molecule has 0 fully saturated rings. The van der Waals surface area contributed by atoms with Gasteiger partial charge in [0.15, 0.2) is 11.5 Å². The molecule has 0 saturated carbocycles. The van der Waals surface area contributed by atoms with Crippen LogP contribution in [0.5, 0.6) is 11.5 Å². The Bertz CT molecular complexity index is 766. The largest absolute Gasteiger partial charge is 0.454 e. The number of benzene rings is 2. The van der Waals surface area contributed by atoms with E-state index in [1.54, 1.807) is 30.3 Å². The predicted octanol–water partition coefficient (Wildman–Crippen LogP) is 3.58. The first-order chi connectivity index (χ1) is 11.5. The summed E-state index contributed by atoms with van der Waals surface area (Å²) in [5.74, 6) is 1.01. The third kappa shape index (κ3) is 3.75. The van der Waals surface area contributed by atoms with Gasteiger partial charge in [-0.15, -0.1) is 0 Å². The molecule has 0 radical (unpaired) electrons. The Labute approximate surface area is 149 Å². The molecule has 1 amide bonds. The van der Waals surface area contributed by atoms with E-state index < -0.39 is 6.10 Å². The SMILES string of the molecule is O=C(NCC[C@@H](O)c1ccc2c(c1)OCO2)c1ccc(Cl)c(Cl)c1. The molecule has 1 aliphatic rings. The summed E-state index contributed by atoms with van der Waals surface area (Å²) in [7, 11) is 0. The van der Waals surface area contributed by atoms with Gasteiger partial charge in [-0.1, -0.05) is 29.3 Å². The molecule has 2 N–H and O–H groups in total. The van der Waals surface area contributed by atoms with E-state index in [-0.39, 0.29) is 12.7 Å². The van der Waals surface area contributed by atoms with E-state index in [0.29, 0.717) is 45.6 Å². The maximum Gasteiger partial charge on any atom is 0.251 e. The second-order valence-electron chi connectivity index (χ2n) is 5.30. The number of nitrogens with one attached hydrogen (secondary N) is 1. The zero-order chi connectivity index (χ0) is 17.1. The third-order valence-corrected chi connectivity index (χ3v) is 4.41. The highest BCUT2D eigenvalue weighted by Crippen LogP contribution is 2.34. The van der Waals surface area contributed by atoms with Crippen LogP contribution in [0.25, 0.3) is 0 Å². The number of hydrogen-bond donors (Lipinski definition) is 2. The van der Waals surface area contributed by atoms with E-state index in [2.05, 4.69) is 5.32 Å². The Morgan fingerprint density at radius 3 is 2.71 bits per heavy atom. The fraction of sp³-hybridized carbons (Fsp3) is 0.235. The molecular weight excluding hydrogens is 353 g/mol. The first-order valence-corrected chi connectivity index (χ1v) is 8.11. The highest BCUT2D eigenvalue weighted by atomic mass is 35.5. The summed E-state index contributed by atoms with van der Waals surface area (Å²) in [4.78, 5) is 12.0. The molecule has 5 nitrogen and oxygen atoms in total. The second-order valence-corrected chi connectivity index (χ2v) is 6.12. The van der Waals surface area contributed by atoms with Crippen molar-refractivity contribution in [1.29, 1.82) is 0 Å². The van der Waals surface area contributed by atoms with Gasteiger partial charge in [-0.3, -0.25) is 4.79 Å². The quantitative estimate of drug-likeness (QED) is 0.847. The number of amides is 1. The molecule has 2 aromatic rings. The number of fused-ring (bicyclic) bond motifs is 1. The Morgan fingerprint density at radius 2 is 1.92 bits per heavy atom. The van der Waals surface area contributed by atoms with Crippen molar-refractivity contribution in [3.63, 3.8) is 0 Å². The maximum atomic E-state index is 12.0. The number of carbonyl (C=O) groups is 1. The molecule has 3 rings (SSSR count). The number of rotatable bonds is 5. The van der Waals surface area contributed by atoms with Crippen LogP contribution in [0.1, 0.15) is 28.4 Å². The van der Waals surface area contributed by atoms with Crippen molar-refractivity contribution in [2.75, 3.05) is 13.3 Å². The van der Waals surface area contributed by atoms with E-state index >= 15 is 0 Å². The molecule has 1 aliphatic heterocycles. The van der Waals surface area contributed by atoms with Gasteiger partial charge in [0.1, 0.15) is 0 Å². The van der Waals surface area contributed by atoms with Crippen molar-refractivity contribution in [2.24, 2.45) is 0 Å². The fourth-order valence-electron chi connectivity index (χ4n) is 2.35. The van der Waals surface area contributed by atoms with E-state index in [0.717, 1.165) is 0 Å². The van der Waals surface area contributed by atoms with Crippen LogP contribution in [0.2, 0.25) is 10.0 Å². The van der Waals surface area contributed by atoms with Crippen molar-refractivity contribution in [3.8, 4) is 11.5 Å². The Kier molecular flexibility index (Phi) is 5.14. The molecule has 0 aliphatic carbocycles. The van der Waals surface area contributed by atoms with Crippen LogP contribution in [0.3, 0.4) is 0 Å². The van der Waals surface area contributed by atoms with Crippen molar-refractivity contribution in [3.05, 3.63) is 57.6 Å². The van der Waals surface area contributed by atoms with E-state index in [1.807, 2.05) is 0 Å². The van der Waals surface area contributed by atoms with E-state index in [4.69, 9.17) is 32.7 Å². The second kappa shape index (κ2) is 7.30. The fourth-order valence-corrected chi connectivity index (χ4v) is 2.65. The molecule has 0 aromatic heterocycles. The average Bonchev–Trinajstić information content (AvgIpc) is 3.04. The van der Waals surface area contributed by atoms with Gasteiger partial charge in [0.25, 0.3) is 5.91 Å². The monoisotopic (exact) mass is 367 g/mol. The summed E-state index contributed by atoms with van der Waals surface area (Å²) in [6.07, 6.45) is -0.346. The lowest BCUT2D eigenvalue weighted by molar-refractivity contribution is 0.0942. The Morgan fingerprint density at radius 1 is 1.12 bits per heavy atom. The molecule has 24 heavy (non-hydrogen) atoms. The smallest absolute Gasteiger partial charge is 0.251 e. The molecule has 0 unspecified atom stereocenters. The topological polar surface area (TPSA) is 67.8 Å². The molecule has 2 aromatic carbocycles. The van der Waals surface area contributed by atoms with Gasteiger partial charge in [0.05, 0.1) is 16.1 Å². The number of hydrogen-bond acceptors (Lipinski definition) is 4. The van der Waals surface area contributed by atoms with Crippen LogP contribution in [0, 0.1) is 0 Å². The highest BCUT2D eigenvalue weighted by molar-refractivity contribution is 6.42. The predicted molar refractivity (Wildman–Crippen MR) is 90.9 cm³/mol. The Balaban J connectivity index is 1.54. The standard InChI is InChI=1S/C17H15Cl2NO4/c18-12-3-1-11(7-13(12)19)17(22)20-6-5-14(21)10-2-4-15-16(8-10)24-9-23-15/h1-4,7-8,14,21H,5-6,9H2,(H,20,22)/t14-/m1/s1. The van der Waals surface area contributed by atoms with E-state index in [1.165, 1.54) is 6.07 Å². The molecule has 7 heteroatoms. The minimum absolute atomic E-state index is 0.189. The Hall–Kier alpha value is -1.95. The van der Waals surface area contributed by atoms with Gasteiger partial charge in [-0.2, -0.15) is 0 Å². The summed E-state index contributed by atoms with van der Waals surface area (Å²) in [6.45, 7) is 0.503. The highest BCUT2D eigenvalue weighted by Gasteiger charge is 2.17. The molecule has 0 bridgehead atoms. The van der Waals surface area contributed by atoms with Gasteiger partial charge in [-0.05, 0) is 42.3 Å². The lowest BCUT2D eigenvalue weighted by Crippen LogP contribution is -2.25. The van der Waals surface area contributed by atoms with Crippen LogP contribution in [-0.4, -0.2) is 24.4 Å². The normalized spacial score (nSPS) is 13.6. The third-order valence-electron chi connectivity index (χ3n) is 3.67. The summed E-state index contributed by atoms with van der Waals surface area (Å²) in [5, 5.41) is 13.7. The van der Waals surface area contributed by atoms with Gasteiger partial charge in [0, 0.05) is 12.1 Å². The molecule has 0 spiro atoms. The lowest BCUT2D eigenvalue weighted by Gasteiger charge is -2.12. The summed E-state index contributed by atoms with van der Waals surface area (Å²) in [5.41, 5.74) is 1.13. The van der Waals surface area contributed by atoms with Gasteiger partial charge in [0.2, 0.25) is 6.79 Å². The maximum absolute atomic E-state index is 12.0. The van der Waals surface area contributed by atoms with Crippen molar-refractivity contribution >= 4 is 29.1 Å². The number of ether oxygens (including phenoxy) is 2. The van der Waals surface area contributed by atoms with Gasteiger partial charge >= 0.3 is 0 Å². The number of aliphatic hydroxyl groups is 1. The minimum atomic E-state index is -0.714. The zero-order valence-corrected chi connectivity index (χ0v) is 14.1. The first-order valence-electron chi connectivity index (χ1n) is 7.35. The van der Waals surface area contributed by atoms with Crippen LogP contribution in [-0.2, 0) is 0 Å². The average molecular weight is 368 g/mol. The zero-order valence-electron chi connectivity index (χ0n) is 12.6. The summed E-state index contributed by atoms with van der Waals surface area (Å²) in [6, 6.07) is 9.95. The van der Waals surface area contributed by atoms with Crippen molar-refractivity contribution in [2.45, 2.75) is 12.5 Å². The summed E-state index contributed by atoms with van der Waals surface area (Å²) >= 11 is 11.7. The number of halogens is 2. The van der Waals surface area contributed by atoms with Crippen LogP contribution < -0.4 is 14.8 Å². The number of aliphatic hydroxyl groups excluding tert-OH is 1. The van der Waals surface area contributed by atoms with Gasteiger partial charge < -0.3 is 19.9 Å². The lowest BCUT2D eigenvalue weighted by atomic mass is 10.1. The molecule has 0 saturated heterocycles. The van der Waals surface area contributed by atoms with Crippen molar-refractivity contribution in [1.82, 2.24) is 5.32 Å². The molecule has 126 valence electrons. The van der Waals surface area contributed by atoms with E-state index in [9.17, 15) is 9.90 Å². The van der Waals surface area contributed by atoms with Crippen molar-refractivity contribution < 1.29 is 19.4 Å². The van der Waals surface area contributed by atoms with Crippen LogP contribution >= 0.6 is 23.2 Å². The van der Waals surface area contributed by atoms with Crippen LogP contribution in [0.15, 0.2) is 36.4 Å². The first kappa shape index (κ1) is 16.9. The number of carbonyl (C=O) groups excluding carboxylic acids is 1. The molecule has 1 atom stereocenters. The van der Waals surface area contributed by atoms with Gasteiger partial charge in [-0.25, -0.2) is 0 Å².